The van der Waals surface area contributed by atoms with Gasteiger partial charge in [0, 0.05) is 26.2 Å². The molecule has 0 aliphatic carbocycles. The highest BCUT2D eigenvalue weighted by Crippen LogP contribution is 2.07. The molecule has 7 nitrogen and oxygen atoms in total. The van der Waals surface area contributed by atoms with Crippen LogP contribution in [0.2, 0.25) is 0 Å². The van der Waals surface area contributed by atoms with Gasteiger partial charge in [0.25, 0.3) is 5.56 Å². The second-order valence-electron chi connectivity index (χ2n) is 6.03. The van der Waals surface area contributed by atoms with Crippen LogP contribution in [0.1, 0.15) is 40.5 Å². The fraction of sp³-hybridized carbons (Fsp3) is 0.706. The van der Waals surface area contributed by atoms with Crippen molar-refractivity contribution in [2.45, 2.75) is 60.2 Å². The van der Waals surface area contributed by atoms with Crippen molar-refractivity contribution in [2.75, 3.05) is 19.6 Å². The van der Waals surface area contributed by atoms with Gasteiger partial charge in [-0.3, -0.25) is 13.9 Å². The highest BCUT2D eigenvalue weighted by molar-refractivity contribution is 5.85. The number of nitrogens with zero attached hydrogens (tertiary/aromatic N) is 5. The van der Waals surface area contributed by atoms with E-state index in [2.05, 4.69) is 23.7 Å². The smallest absolute Gasteiger partial charge is 0.323 e. The van der Waals surface area contributed by atoms with Crippen LogP contribution >= 0.6 is 12.4 Å². The van der Waals surface area contributed by atoms with E-state index in [1.165, 1.54) is 4.57 Å². The maximum Gasteiger partial charge on any atom is 0.332 e. The van der Waals surface area contributed by atoms with Crippen molar-refractivity contribution in [3.8, 4) is 0 Å². The topological polar surface area (TPSA) is 65.1 Å². The average Bonchev–Trinajstić information content (AvgIpc) is 2.98. The SMILES string of the molecule is CCCN(CCC)CCn1cnc2c1c(=O)n(CC)c(=O)n2CC.Cl. The maximum atomic E-state index is 12.7. The van der Waals surface area contributed by atoms with Crippen LogP contribution in [0.4, 0.5) is 0 Å². The first kappa shape index (κ1) is 21.4. The van der Waals surface area contributed by atoms with E-state index in [1.807, 2.05) is 18.4 Å². The van der Waals surface area contributed by atoms with Crippen LogP contribution in [0.25, 0.3) is 11.2 Å². The second-order valence-corrected chi connectivity index (χ2v) is 6.03. The van der Waals surface area contributed by atoms with E-state index in [-0.39, 0.29) is 23.7 Å². The molecule has 0 spiro atoms. The summed E-state index contributed by atoms with van der Waals surface area (Å²) < 4.78 is 4.76. The summed E-state index contributed by atoms with van der Waals surface area (Å²) in [7, 11) is 0. The van der Waals surface area contributed by atoms with Crippen molar-refractivity contribution in [2.24, 2.45) is 0 Å². The monoisotopic (exact) mass is 371 g/mol. The van der Waals surface area contributed by atoms with Crippen molar-refractivity contribution >= 4 is 23.6 Å². The van der Waals surface area contributed by atoms with Crippen molar-refractivity contribution in [1.29, 1.82) is 0 Å². The zero-order valence-electron chi connectivity index (χ0n) is 15.7. The van der Waals surface area contributed by atoms with Gasteiger partial charge in [0.2, 0.25) is 0 Å². The molecule has 8 heteroatoms. The first-order chi connectivity index (χ1) is 11.6. The predicted octanol–water partition coefficient (Wildman–Crippen LogP) is 1.94. The van der Waals surface area contributed by atoms with E-state index >= 15 is 0 Å². The molecule has 0 radical (unpaired) electrons. The van der Waals surface area contributed by atoms with Gasteiger partial charge < -0.3 is 9.47 Å². The van der Waals surface area contributed by atoms with Crippen molar-refractivity contribution < 1.29 is 0 Å². The maximum absolute atomic E-state index is 12.7. The molecule has 0 aliphatic heterocycles. The van der Waals surface area contributed by atoms with Gasteiger partial charge in [0.05, 0.1) is 6.33 Å². The Morgan fingerprint density at radius 2 is 1.56 bits per heavy atom. The predicted molar refractivity (Wildman–Crippen MR) is 104 cm³/mol. The number of hydrogen-bond donors (Lipinski definition) is 0. The lowest BCUT2D eigenvalue weighted by Crippen LogP contribution is -2.40. The molecule has 0 N–H and O–H groups in total. The van der Waals surface area contributed by atoms with Gasteiger partial charge in [0.15, 0.2) is 11.2 Å². The Morgan fingerprint density at radius 3 is 2.08 bits per heavy atom. The van der Waals surface area contributed by atoms with E-state index < -0.39 is 0 Å². The third-order valence-electron chi connectivity index (χ3n) is 4.35. The highest BCUT2D eigenvalue weighted by atomic mass is 35.5. The van der Waals surface area contributed by atoms with Crippen molar-refractivity contribution in [3.63, 3.8) is 0 Å². The second kappa shape index (κ2) is 9.77. The van der Waals surface area contributed by atoms with E-state index in [9.17, 15) is 9.59 Å². The third kappa shape index (κ3) is 4.33. The molecule has 2 aromatic rings. The normalized spacial score (nSPS) is 11.2. The minimum atomic E-state index is -0.277. The summed E-state index contributed by atoms with van der Waals surface area (Å²) in [6.07, 6.45) is 3.92. The molecule has 2 aromatic heterocycles. The zero-order chi connectivity index (χ0) is 17.7. The molecule has 0 fully saturated rings. The van der Waals surface area contributed by atoms with Gasteiger partial charge in [-0.1, -0.05) is 13.8 Å². The molecule has 0 atom stereocenters. The molecule has 2 rings (SSSR count). The van der Waals surface area contributed by atoms with E-state index in [0.717, 1.165) is 32.5 Å². The molecule has 0 saturated carbocycles. The number of hydrogen-bond acceptors (Lipinski definition) is 4. The molecule has 0 unspecified atom stereocenters. The summed E-state index contributed by atoms with van der Waals surface area (Å²) in [5.74, 6) is 0. The summed E-state index contributed by atoms with van der Waals surface area (Å²) >= 11 is 0. The quantitative estimate of drug-likeness (QED) is 0.675. The number of aromatic nitrogens is 4. The largest absolute Gasteiger partial charge is 0.332 e. The van der Waals surface area contributed by atoms with Crippen LogP contribution in [0, 0.1) is 0 Å². The van der Waals surface area contributed by atoms with Crippen LogP contribution in [-0.4, -0.2) is 43.2 Å². The molecule has 0 saturated heterocycles. The number of fused-ring (bicyclic) bond motifs is 1. The van der Waals surface area contributed by atoms with Crippen LogP contribution in [0.3, 0.4) is 0 Å². The van der Waals surface area contributed by atoms with Crippen molar-refractivity contribution in [1.82, 2.24) is 23.6 Å². The molecular formula is C17H30ClN5O2. The summed E-state index contributed by atoms with van der Waals surface area (Å²) in [4.78, 5) is 31.8. The average molecular weight is 372 g/mol. The highest BCUT2D eigenvalue weighted by Gasteiger charge is 2.16. The third-order valence-corrected chi connectivity index (χ3v) is 4.35. The Kier molecular flexibility index (Phi) is 8.38. The Labute approximate surface area is 154 Å². The summed E-state index contributed by atoms with van der Waals surface area (Å²) in [5, 5.41) is 0. The summed E-state index contributed by atoms with van der Waals surface area (Å²) in [6, 6.07) is 0. The van der Waals surface area contributed by atoms with E-state index in [0.29, 0.717) is 30.8 Å². The first-order valence-electron chi connectivity index (χ1n) is 8.99. The molecule has 0 aliphatic rings. The van der Waals surface area contributed by atoms with Gasteiger partial charge in [-0.05, 0) is 39.8 Å². The number of imidazole rings is 1. The number of aryl methyl sites for hydroxylation is 1. The van der Waals surface area contributed by atoms with Gasteiger partial charge in [-0.2, -0.15) is 0 Å². The Morgan fingerprint density at radius 1 is 0.960 bits per heavy atom. The van der Waals surface area contributed by atoms with E-state index in [4.69, 9.17) is 0 Å². The summed E-state index contributed by atoms with van der Waals surface area (Å²) in [5.41, 5.74) is 0.513. The fourth-order valence-electron chi connectivity index (χ4n) is 3.19. The van der Waals surface area contributed by atoms with Gasteiger partial charge in [0.1, 0.15) is 0 Å². The molecule has 2 heterocycles. The Hall–Kier alpha value is -1.60. The van der Waals surface area contributed by atoms with Crippen molar-refractivity contribution in [3.05, 3.63) is 27.2 Å². The first-order valence-corrected chi connectivity index (χ1v) is 8.99. The standard InChI is InChI=1S/C17H29N5O2.ClH/c1-5-9-19(10-6-2)11-12-20-13-18-15-14(20)16(23)22(8-4)17(24)21(15)7-3;/h13H,5-12H2,1-4H3;1H. The Bertz CT molecular complexity index is 787. The molecular weight excluding hydrogens is 342 g/mol. The van der Waals surface area contributed by atoms with Crippen LogP contribution < -0.4 is 11.2 Å². The molecule has 0 bridgehead atoms. The lowest BCUT2D eigenvalue weighted by Gasteiger charge is -2.21. The zero-order valence-corrected chi connectivity index (χ0v) is 16.5. The number of rotatable bonds is 9. The van der Waals surface area contributed by atoms with Crippen LogP contribution in [0.5, 0.6) is 0 Å². The van der Waals surface area contributed by atoms with Crippen LogP contribution in [-0.2, 0) is 19.6 Å². The molecule has 0 amide bonds. The van der Waals surface area contributed by atoms with E-state index in [1.54, 1.807) is 10.9 Å². The summed E-state index contributed by atoms with van der Waals surface area (Å²) in [6.45, 7) is 12.6. The lowest BCUT2D eigenvalue weighted by atomic mass is 10.3. The minimum absolute atomic E-state index is 0. The fourth-order valence-corrected chi connectivity index (χ4v) is 3.19. The van der Waals surface area contributed by atoms with Crippen LogP contribution in [0.15, 0.2) is 15.9 Å². The molecule has 142 valence electrons. The number of halogens is 1. The molecule has 25 heavy (non-hydrogen) atoms. The lowest BCUT2D eigenvalue weighted by molar-refractivity contribution is 0.264. The molecule has 0 aromatic carbocycles. The minimum Gasteiger partial charge on any atom is -0.323 e. The van der Waals surface area contributed by atoms with Gasteiger partial charge >= 0.3 is 5.69 Å². The Balaban J connectivity index is 0.00000312. The van der Waals surface area contributed by atoms with Gasteiger partial charge in [-0.25, -0.2) is 9.78 Å². The van der Waals surface area contributed by atoms with Gasteiger partial charge in [-0.15, -0.1) is 12.4 Å².